The summed E-state index contributed by atoms with van der Waals surface area (Å²) in [6.45, 7) is 2.77. The molecule has 1 heterocycles. The van der Waals surface area contributed by atoms with E-state index in [9.17, 15) is 29.1 Å². The van der Waals surface area contributed by atoms with Gasteiger partial charge in [0.2, 0.25) is 12.3 Å². The third-order valence-corrected chi connectivity index (χ3v) is 7.83. The highest BCUT2D eigenvalue weighted by molar-refractivity contribution is 6.15. The lowest BCUT2D eigenvalue weighted by Gasteiger charge is -2.34. The fourth-order valence-corrected chi connectivity index (χ4v) is 5.49. The molecule has 0 aliphatic rings. The van der Waals surface area contributed by atoms with E-state index in [1.54, 1.807) is 42.4 Å². The molecular formula is C35H39N5O6. The second-order valence-electron chi connectivity index (χ2n) is 11.4. The number of hydrogen-bond donors (Lipinski definition) is 3. The molecule has 1 aromatic heterocycles. The summed E-state index contributed by atoms with van der Waals surface area (Å²) in [6.07, 6.45) is 0.814. The molecule has 46 heavy (non-hydrogen) atoms. The van der Waals surface area contributed by atoms with Crippen LogP contribution < -0.4 is 11.1 Å². The van der Waals surface area contributed by atoms with Gasteiger partial charge in [-0.1, -0.05) is 78.9 Å². The molecule has 0 fully saturated rings. The smallest absolute Gasteiger partial charge is 0.261 e. The largest absolute Gasteiger partial charge is 0.391 e. The Labute approximate surface area is 267 Å². The van der Waals surface area contributed by atoms with Crippen molar-refractivity contribution in [2.75, 3.05) is 7.05 Å². The number of amides is 4. The highest BCUT2D eigenvalue weighted by atomic mass is 16.3. The molecule has 240 valence electrons. The van der Waals surface area contributed by atoms with E-state index in [1.807, 2.05) is 60.7 Å². The first-order valence-corrected chi connectivity index (χ1v) is 15.0. The summed E-state index contributed by atoms with van der Waals surface area (Å²) < 4.78 is 1.37. The Morgan fingerprint density at radius 3 is 2.04 bits per heavy atom. The number of para-hydroxylation sites is 1. The number of nitrogens with one attached hydrogen (secondary N) is 1. The van der Waals surface area contributed by atoms with Crippen LogP contribution in [0.15, 0.2) is 91.1 Å². The molecule has 0 spiro atoms. The van der Waals surface area contributed by atoms with Crippen molar-refractivity contribution in [2.45, 2.75) is 57.5 Å². The number of likely N-dealkylation sites (N-methyl/N-ethyl adjacent to an activating group) is 1. The van der Waals surface area contributed by atoms with Gasteiger partial charge in [-0.3, -0.25) is 33.4 Å². The summed E-state index contributed by atoms with van der Waals surface area (Å²) in [5.41, 5.74) is 9.32. The number of nitrogens with zero attached hydrogens (tertiary/aromatic N) is 3. The van der Waals surface area contributed by atoms with Gasteiger partial charge in [0, 0.05) is 25.1 Å². The number of hydrogen-bond acceptors (Lipinski definition) is 8. The van der Waals surface area contributed by atoms with Gasteiger partial charge in [-0.05, 0) is 49.6 Å². The fourth-order valence-electron chi connectivity index (χ4n) is 5.49. The van der Waals surface area contributed by atoms with Gasteiger partial charge in [0.15, 0.2) is 0 Å². The molecule has 11 heteroatoms. The van der Waals surface area contributed by atoms with E-state index < -0.39 is 47.9 Å². The average Bonchev–Trinajstić information content (AvgIpc) is 3.40. The van der Waals surface area contributed by atoms with Crippen LogP contribution in [0.3, 0.4) is 0 Å². The van der Waals surface area contributed by atoms with Crippen LogP contribution in [0.2, 0.25) is 0 Å². The molecule has 4 amide bonds. The Hall–Kier alpha value is -4.97. The zero-order valence-electron chi connectivity index (χ0n) is 26.1. The van der Waals surface area contributed by atoms with Gasteiger partial charge in [0.1, 0.15) is 6.04 Å². The van der Waals surface area contributed by atoms with Gasteiger partial charge in [0.05, 0.1) is 23.7 Å². The molecule has 3 aromatic carbocycles. The van der Waals surface area contributed by atoms with Crippen LogP contribution in [0.25, 0.3) is 10.9 Å². The van der Waals surface area contributed by atoms with E-state index >= 15 is 0 Å². The molecule has 0 radical (unpaired) electrons. The van der Waals surface area contributed by atoms with E-state index in [4.69, 9.17) is 5.73 Å². The molecule has 0 aliphatic heterocycles. The summed E-state index contributed by atoms with van der Waals surface area (Å²) in [4.78, 5) is 68.7. The maximum atomic E-state index is 14.5. The number of carbonyl (C=O) groups is 5. The Balaban J connectivity index is 1.75. The van der Waals surface area contributed by atoms with Gasteiger partial charge in [-0.15, -0.1) is 0 Å². The number of aliphatic hydroxyl groups is 1. The molecule has 4 atom stereocenters. The van der Waals surface area contributed by atoms with Crippen molar-refractivity contribution in [3.63, 3.8) is 0 Å². The maximum absolute atomic E-state index is 14.5. The molecule has 4 rings (SSSR count). The van der Waals surface area contributed by atoms with E-state index in [0.29, 0.717) is 34.3 Å². The van der Waals surface area contributed by atoms with Crippen LogP contribution in [0.4, 0.5) is 0 Å². The lowest BCUT2D eigenvalue weighted by atomic mass is 10.00. The minimum absolute atomic E-state index is 0.0973. The van der Waals surface area contributed by atoms with E-state index in [-0.39, 0.29) is 12.8 Å². The minimum atomic E-state index is -1.59. The Bertz CT molecular complexity index is 1690. The van der Waals surface area contributed by atoms with Crippen LogP contribution in [-0.4, -0.2) is 80.8 Å². The number of rotatable bonds is 13. The molecule has 0 saturated heterocycles. The Kier molecular flexibility index (Phi) is 11.3. The van der Waals surface area contributed by atoms with Crippen LogP contribution >= 0.6 is 0 Å². The maximum Gasteiger partial charge on any atom is 0.261 e. The SMILES string of the molecule is CC(=O)NC(C(=O)N(C(=O)C(N)Cc1cn(C=O)c2ccccc12)C(=O)C(Cc1ccccc1)N(C)Cc1ccccc1)C(C)O. The lowest BCUT2D eigenvalue weighted by molar-refractivity contribution is -0.160. The number of aromatic nitrogens is 1. The van der Waals surface area contributed by atoms with E-state index in [2.05, 4.69) is 5.32 Å². The number of imide groups is 3. The van der Waals surface area contributed by atoms with Crippen molar-refractivity contribution in [3.05, 3.63) is 108 Å². The summed E-state index contributed by atoms with van der Waals surface area (Å²) in [6, 6.07) is 21.7. The second kappa shape index (κ2) is 15.3. The third kappa shape index (κ3) is 7.99. The van der Waals surface area contributed by atoms with Crippen LogP contribution in [-0.2, 0) is 43.4 Å². The van der Waals surface area contributed by atoms with Crippen molar-refractivity contribution in [1.82, 2.24) is 19.7 Å². The quantitative estimate of drug-likeness (QED) is 0.191. The van der Waals surface area contributed by atoms with Crippen molar-refractivity contribution in [3.8, 4) is 0 Å². The third-order valence-electron chi connectivity index (χ3n) is 7.83. The standard InChI is InChI=1S/C35H39N5O6/c1-23(42)32(37-24(2)43)35(46)40(33(44)29(36)19-27-21-39(22-41)30-17-11-10-16-28(27)30)34(45)31(18-25-12-6-4-7-13-25)38(3)20-26-14-8-5-9-15-26/h4-17,21-23,29,31-32,42H,18-20,36H2,1-3H3,(H,37,43). The molecule has 0 saturated carbocycles. The highest BCUT2D eigenvalue weighted by Gasteiger charge is 2.42. The molecule has 0 aliphatic carbocycles. The van der Waals surface area contributed by atoms with Crippen molar-refractivity contribution < 1.29 is 29.1 Å². The monoisotopic (exact) mass is 625 g/mol. The summed E-state index contributed by atoms with van der Waals surface area (Å²) in [5, 5.41) is 13.5. The number of carbonyl (C=O) groups excluding carboxylic acids is 5. The van der Waals surface area contributed by atoms with Crippen molar-refractivity contribution in [2.24, 2.45) is 5.73 Å². The molecule has 4 unspecified atom stereocenters. The first-order valence-electron chi connectivity index (χ1n) is 15.0. The molecular weight excluding hydrogens is 586 g/mol. The number of benzene rings is 3. The van der Waals surface area contributed by atoms with E-state index in [1.165, 1.54) is 11.5 Å². The zero-order chi connectivity index (χ0) is 33.4. The van der Waals surface area contributed by atoms with Gasteiger partial charge in [0.25, 0.3) is 17.7 Å². The van der Waals surface area contributed by atoms with Crippen molar-refractivity contribution >= 4 is 40.9 Å². The van der Waals surface area contributed by atoms with Gasteiger partial charge in [-0.2, -0.15) is 0 Å². The predicted octanol–water partition coefficient (Wildman–Crippen LogP) is 2.06. The zero-order valence-corrected chi connectivity index (χ0v) is 26.1. The van der Waals surface area contributed by atoms with Crippen molar-refractivity contribution in [1.29, 1.82) is 0 Å². The van der Waals surface area contributed by atoms with Crippen LogP contribution in [0.1, 0.15) is 30.5 Å². The molecule has 0 bridgehead atoms. The van der Waals surface area contributed by atoms with Gasteiger partial charge in [-0.25, -0.2) is 4.90 Å². The molecule has 11 nitrogen and oxygen atoms in total. The van der Waals surface area contributed by atoms with E-state index in [0.717, 1.165) is 18.1 Å². The Morgan fingerprint density at radius 2 is 1.46 bits per heavy atom. The highest BCUT2D eigenvalue weighted by Crippen LogP contribution is 2.23. The molecule has 4 N–H and O–H groups in total. The minimum Gasteiger partial charge on any atom is -0.391 e. The average molecular weight is 626 g/mol. The predicted molar refractivity (Wildman–Crippen MR) is 174 cm³/mol. The number of fused-ring (bicyclic) bond motifs is 1. The fraction of sp³-hybridized carbons (Fsp3) is 0.286. The lowest BCUT2D eigenvalue weighted by Crippen LogP contribution is -2.62. The summed E-state index contributed by atoms with van der Waals surface area (Å²) in [5.74, 6) is -3.58. The first-order chi connectivity index (χ1) is 22.0. The summed E-state index contributed by atoms with van der Waals surface area (Å²) in [7, 11) is 1.72. The number of aliphatic hydroxyl groups excluding tert-OH is 1. The first kappa shape index (κ1) is 33.9. The number of nitrogens with two attached hydrogens (primary N) is 1. The molecule has 4 aromatic rings. The Morgan fingerprint density at radius 1 is 0.870 bits per heavy atom. The normalized spacial score (nSPS) is 13.9. The van der Waals surface area contributed by atoms with Crippen LogP contribution in [0.5, 0.6) is 0 Å². The van der Waals surface area contributed by atoms with Gasteiger partial charge < -0.3 is 16.2 Å². The second-order valence-corrected chi connectivity index (χ2v) is 11.4. The van der Waals surface area contributed by atoms with Crippen LogP contribution in [0, 0.1) is 0 Å². The van der Waals surface area contributed by atoms with Gasteiger partial charge >= 0.3 is 0 Å². The topological polar surface area (TPSA) is 155 Å². The summed E-state index contributed by atoms with van der Waals surface area (Å²) >= 11 is 0.